The lowest BCUT2D eigenvalue weighted by atomic mass is 9.94. The van der Waals surface area contributed by atoms with Crippen LogP contribution >= 0.6 is 0 Å². The number of halogens is 1. The maximum absolute atomic E-state index is 9.73. The Labute approximate surface area is 108 Å². The van der Waals surface area contributed by atoms with Gasteiger partial charge in [-0.1, -0.05) is 37.3 Å². The number of quaternary nitrogens is 1. The largest absolute Gasteiger partial charge is 1.00 e. The zero-order valence-corrected chi connectivity index (χ0v) is 10.8. The number of aliphatic hydroxyl groups is 2. The van der Waals surface area contributed by atoms with Gasteiger partial charge in [0.15, 0.2) is 0 Å². The van der Waals surface area contributed by atoms with E-state index in [9.17, 15) is 10.2 Å². The van der Waals surface area contributed by atoms with Crippen LogP contribution in [-0.4, -0.2) is 35.5 Å². The summed E-state index contributed by atoms with van der Waals surface area (Å²) in [6, 6.07) is 10.3. The van der Waals surface area contributed by atoms with Crippen molar-refractivity contribution >= 4 is 0 Å². The summed E-state index contributed by atoms with van der Waals surface area (Å²) < 4.78 is 0. The van der Waals surface area contributed by atoms with Crippen LogP contribution in [0.3, 0.4) is 0 Å². The highest BCUT2D eigenvalue weighted by molar-refractivity contribution is 5.13. The number of rotatable bonds is 2. The molecule has 4 heteroatoms. The molecule has 1 fully saturated rings. The predicted octanol–water partition coefficient (Wildman–Crippen LogP) is -3.55. The Bertz CT molecular complexity index is 321. The number of benzene rings is 1. The summed E-state index contributed by atoms with van der Waals surface area (Å²) in [6.07, 6.45) is -1.14. The summed E-state index contributed by atoms with van der Waals surface area (Å²) in [5.74, 6) is 0.169. The lowest BCUT2D eigenvalue weighted by molar-refractivity contribution is -0.927. The van der Waals surface area contributed by atoms with Gasteiger partial charge in [-0.05, 0) is 0 Å². The fraction of sp³-hybridized carbons (Fsp3) is 0.538. The molecule has 1 aliphatic heterocycles. The van der Waals surface area contributed by atoms with Crippen molar-refractivity contribution in [1.29, 1.82) is 0 Å². The summed E-state index contributed by atoms with van der Waals surface area (Å²) in [4.78, 5) is 1.34. The Morgan fingerprint density at radius 2 is 1.82 bits per heavy atom. The fourth-order valence-corrected chi connectivity index (χ4v) is 2.48. The monoisotopic (exact) mass is 257 g/mol. The summed E-state index contributed by atoms with van der Waals surface area (Å²) in [7, 11) is 0. The van der Waals surface area contributed by atoms with E-state index in [2.05, 4.69) is 12.1 Å². The van der Waals surface area contributed by atoms with Crippen molar-refractivity contribution < 1.29 is 27.5 Å². The maximum Gasteiger partial charge on any atom is 0.129 e. The molecular weight excluding hydrogens is 238 g/mol. The number of piperidine rings is 1. The molecule has 1 saturated heterocycles. The van der Waals surface area contributed by atoms with Gasteiger partial charge in [0.05, 0.1) is 12.6 Å². The molecule has 1 aliphatic rings. The highest BCUT2D eigenvalue weighted by Gasteiger charge is 2.34. The summed E-state index contributed by atoms with van der Waals surface area (Å²) >= 11 is 0. The standard InChI is InChI=1S/C13H19NO2.ClH/c1-10-7-14(9-12(15)13(10)16)8-11-5-3-2-4-6-11;/h2-6,10,12-13,15-16H,7-9H2,1H3;1H/t10-,12-,13+;/m1./s1. The first-order valence-corrected chi connectivity index (χ1v) is 5.90. The Balaban J connectivity index is 0.00000144. The van der Waals surface area contributed by atoms with E-state index >= 15 is 0 Å². The number of hydrogen-bond donors (Lipinski definition) is 3. The first-order chi connectivity index (χ1) is 7.66. The molecule has 1 aromatic carbocycles. The quantitative estimate of drug-likeness (QED) is 0.514. The minimum atomic E-state index is -0.581. The average Bonchev–Trinajstić information content (AvgIpc) is 2.27. The second-order valence-electron chi connectivity index (χ2n) is 4.86. The maximum atomic E-state index is 9.73. The van der Waals surface area contributed by atoms with Crippen LogP contribution in [0.5, 0.6) is 0 Å². The van der Waals surface area contributed by atoms with Crippen LogP contribution in [0.2, 0.25) is 0 Å². The molecule has 1 aromatic rings. The normalized spacial score (nSPS) is 32.9. The molecule has 96 valence electrons. The van der Waals surface area contributed by atoms with Gasteiger partial charge in [0.25, 0.3) is 0 Å². The van der Waals surface area contributed by atoms with Crippen LogP contribution in [-0.2, 0) is 6.54 Å². The minimum absolute atomic E-state index is 0. The van der Waals surface area contributed by atoms with Gasteiger partial charge in [-0.15, -0.1) is 0 Å². The topological polar surface area (TPSA) is 44.9 Å². The van der Waals surface area contributed by atoms with Crippen molar-refractivity contribution in [3.63, 3.8) is 0 Å². The van der Waals surface area contributed by atoms with Crippen molar-refractivity contribution in [3.8, 4) is 0 Å². The average molecular weight is 258 g/mol. The zero-order valence-electron chi connectivity index (χ0n) is 10.0. The van der Waals surface area contributed by atoms with Gasteiger partial charge in [-0.25, -0.2) is 0 Å². The van der Waals surface area contributed by atoms with E-state index in [1.165, 1.54) is 10.5 Å². The second kappa shape index (κ2) is 6.36. The minimum Gasteiger partial charge on any atom is -1.00 e. The number of aliphatic hydroxyl groups excluding tert-OH is 2. The Morgan fingerprint density at radius 3 is 2.41 bits per heavy atom. The summed E-state index contributed by atoms with van der Waals surface area (Å²) in [5, 5.41) is 19.4. The van der Waals surface area contributed by atoms with Gasteiger partial charge in [0.2, 0.25) is 0 Å². The Hall–Kier alpha value is -0.610. The Kier molecular flexibility index (Phi) is 5.40. The van der Waals surface area contributed by atoms with Gasteiger partial charge < -0.3 is 27.5 Å². The van der Waals surface area contributed by atoms with Crippen LogP contribution in [0, 0.1) is 5.92 Å². The highest BCUT2D eigenvalue weighted by Crippen LogP contribution is 2.08. The van der Waals surface area contributed by atoms with Crippen molar-refractivity contribution in [3.05, 3.63) is 35.9 Å². The third kappa shape index (κ3) is 3.68. The van der Waals surface area contributed by atoms with Crippen LogP contribution in [0.1, 0.15) is 12.5 Å². The van der Waals surface area contributed by atoms with Gasteiger partial charge >= 0.3 is 0 Å². The molecule has 17 heavy (non-hydrogen) atoms. The van der Waals surface area contributed by atoms with Crippen molar-refractivity contribution in [2.24, 2.45) is 5.92 Å². The molecule has 1 unspecified atom stereocenters. The van der Waals surface area contributed by atoms with Crippen molar-refractivity contribution in [2.45, 2.75) is 25.7 Å². The smallest absolute Gasteiger partial charge is 0.129 e. The molecule has 0 radical (unpaired) electrons. The summed E-state index contributed by atoms with van der Waals surface area (Å²) in [6.45, 7) is 4.49. The second-order valence-corrected chi connectivity index (χ2v) is 4.86. The molecule has 1 heterocycles. The molecule has 4 atom stereocenters. The van der Waals surface area contributed by atoms with E-state index in [1.807, 2.05) is 25.1 Å². The van der Waals surface area contributed by atoms with Gasteiger partial charge in [-0.2, -0.15) is 0 Å². The third-order valence-corrected chi connectivity index (χ3v) is 3.38. The molecular formula is C13H20ClNO2. The van der Waals surface area contributed by atoms with Crippen LogP contribution < -0.4 is 17.3 Å². The van der Waals surface area contributed by atoms with E-state index in [-0.39, 0.29) is 18.3 Å². The number of hydrogen-bond acceptors (Lipinski definition) is 2. The zero-order chi connectivity index (χ0) is 11.5. The molecule has 0 bridgehead atoms. The molecule has 2 rings (SSSR count). The fourth-order valence-electron chi connectivity index (χ4n) is 2.48. The molecule has 0 aromatic heterocycles. The van der Waals surface area contributed by atoms with E-state index in [4.69, 9.17) is 0 Å². The molecule has 0 amide bonds. The van der Waals surface area contributed by atoms with Crippen molar-refractivity contribution in [2.75, 3.05) is 13.1 Å². The first kappa shape index (κ1) is 14.5. The van der Waals surface area contributed by atoms with Crippen LogP contribution in [0.15, 0.2) is 30.3 Å². The number of likely N-dealkylation sites (tertiary alicyclic amines) is 1. The highest BCUT2D eigenvalue weighted by atomic mass is 35.5. The molecule has 0 saturated carbocycles. The lowest BCUT2D eigenvalue weighted by Gasteiger charge is -2.35. The van der Waals surface area contributed by atoms with E-state index in [1.54, 1.807) is 0 Å². The van der Waals surface area contributed by atoms with E-state index in [0.717, 1.165) is 13.1 Å². The van der Waals surface area contributed by atoms with E-state index in [0.29, 0.717) is 6.54 Å². The van der Waals surface area contributed by atoms with E-state index < -0.39 is 12.2 Å². The van der Waals surface area contributed by atoms with Crippen LogP contribution in [0.4, 0.5) is 0 Å². The van der Waals surface area contributed by atoms with Gasteiger partial charge in [0, 0.05) is 11.5 Å². The molecule has 3 N–H and O–H groups in total. The summed E-state index contributed by atoms with van der Waals surface area (Å²) in [5.41, 5.74) is 1.29. The molecule has 0 aliphatic carbocycles. The van der Waals surface area contributed by atoms with Crippen molar-refractivity contribution in [1.82, 2.24) is 0 Å². The van der Waals surface area contributed by atoms with Gasteiger partial charge in [-0.3, -0.25) is 0 Å². The molecule has 3 nitrogen and oxygen atoms in total. The predicted molar refractivity (Wildman–Crippen MR) is 62.0 cm³/mol. The lowest BCUT2D eigenvalue weighted by Crippen LogP contribution is -3.14. The number of nitrogens with one attached hydrogen (secondary N) is 1. The first-order valence-electron chi connectivity index (χ1n) is 5.90. The third-order valence-electron chi connectivity index (χ3n) is 3.38. The Morgan fingerprint density at radius 1 is 1.18 bits per heavy atom. The SMILES string of the molecule is C[C@@H]1C[NH+](Cc2ccccc2)C[C@@H](O)[C@H]1O.[Cl-]. The van der Waals surface area contributed by atoms with Gasteiger partial charge in [0.1, 0.15) is 19.2 Å². The van der Waals surface area contributed by atoms with Crippen LogP contribution in [0.25, 0.3) is 0 Å². The molecule has 0 spiro atoms.